The monoisotopic (exact) mass is 449 g/mol. The summed E-state index contributed by atoms with van der Waals surface area (Å²) in [5.41, 5.74) is 13.4. The number of nitrogens with two attached hydrogens (primary N) is 2. The second-order valence-electron chi connectivity index (χ2n) is 8.35. The van der Waals surface area contributed by atoms with Gasteiger partial charge in [-0.2, -0.15) is 0 Å². The Morgan fingerprint density at radius 1 is 1.15 bits per heavy atom. The van der Waals surface area contributed by atoms with Crippen molar-refractivity contribution in [3.05, 3.63) is 65.2 Å². The zero-order chi connectivity index (χ0) is 23.4. The highest BCUT2D eigenvalue weighted by atomic mass is 19.1. The number of aliphatic imine (C=N–C) groups is 1. The lowest BCUT2D eigenvalue weighted by Crippen LogP contribution is -2.38. The Kier molecular flexibility index (Phi) is 6.67. The first-order chi connectivity index (χ1) is 15.9. The van der Waals surface area contributed by atoms with E-state index in [1.165, 1.54) is 6.07 Å². The molecule has 2 aromatic carbocycles. The number of rotatable bonds is 6. The Hall–Kier alpha value is -3.75. The quantitative estimate of drug-likeness (QED) is 0.338. The molecule has 0 radical (unpaired) electrons. The van der Waals surface area contributed by atoms with Crippen molar-refractivity contribution in [2.45, 2.75) is 51.2 Å². The lowest BCUT2D eigenvalue weighted by atomic mass is 9.90. The second-order valence-corrected chi connectivity index (χ2v) is 8.35. The minimum Gasteiger partial charge on any atom is -0.370 e. The van der Waals surface area contributed by atoms with E-state index in [1.54, 1.807) is 18.2 Å². The van der Waals surface area contributed by atoms with E-state index in [0.29, 0.717) is 16.9 Å². The number of amides is 1. The number of nitrogens with one attached hydrogen (secondary N) is 2. The minimum absolute atomic E-state index is 0.0133. The molecule has 2 unspecified atom stereocenters. The lowest BCUT2D eigenvalue weighted by Gasteiger charge is -2.30. The molecule has 1 aromatic heterocycles. The number of guanidine groups is 1. The summed E-state index contributed by atoms with van der Waals surface area (Å²) in [4.78, 5) is 26.2. The molecule has 172 valence electrons. The Bertz CT molecular complexity index is 1190. The molecular formula is C24H28FN7O. The molecule has 0 spiro atoms. The second kappa shape index (κ2) is 9.81. The number of carbonyl (C=O) groups excluding carboxylic acids is 1. The van der Waals surface area contributed by atoms with E-state index in [9.17, 15) is 9.18 Å². The molecule has 1 aliphatic rings. The highest BCUT2D eigenvalue weighted by Gasteiger charge is 2.26. The van der Waals surface area contributed by atoms with E-state index in [-0.39, 0.29) is 36.2 Å². The summed E-state index contributed by atoms with van der Waals surface area (Å²) in [7, 11) is 0. The van der Waals surface area contributed by atoms with Gasteiger partial charge in [-0.1, -0.05) is 42.7 Å². The number of carbonyl (C=O) groups is 1. The normalized spacial score (nSPS) is 18.0. The van der Waals surface area contributed by atoms with Crippen LogP contribution in [0.3, 0.4) is 0 Å². The number of benzene rings is 2. The first-order valence-corrected chi connectivity index (χ1v) is 11.1. The van der Waals surface area contributed by atoms with E-state index in [0.717, 1.165) is 36.6 Å². The highest BCUT2D eigenvalue weighted by Crippen LogP contribution is 2.28. The molecule has 33 heavy (non-hydrogen) atoms. The average Bonchev–Trinajstić information content (AvgIpc) is 2.79. The van der Waals surface area contributed by atoms with Gasteiger partial charge in [-0.25, -0.2) is 19.4 Å². The van der Waals surface area contributed by atoms with Crippen molar-refractivity contribution in [3.8, 4) is 0 Å². The van der Waals surface area contributed by atoms with Gasteiger partial charge in [0, 0.05) is 17.5 Å². The summed E-state index contributed by atoms with van der Waals surface area (Å²) in [5, 5.41) is 7.00. The van der Waals surface area contributed by atoms with E-state index in [2.05, 4.69) is 25.6 Å². The Morgan fingerprint density at radius 2 is 1.94 bits per heavy atom. The molecule has 8 nitrogen and oxygen atoms in total. The summed E-state index contributed by atoms with van der Waals surface area (Å²) in [6.07, 6.45) is 3.85. The third-order valence-electron chi connectivity index (χ3n) is 5.82. The molecule has 1 aliphatic carbocycles. The predicted molar refractivity (Wildman–Crippen MR) is 127 cm³/mol. The Morgan fingerprint density at radius 3 is 2.73 bits per heavy atom. The number of fused-ring (bicyclic) bond motifs is 1. The molecular weight excluding hydrogens is 421 g/mol. The summed E-state index contributed by atoms with van der Waals surface area (Å²) in [6.45, 7) is 2.03. The van der Waals surface area contributed by atoms with Crippen molar-refractivity contribution in [3.63, 3.8) is 0 Å². The number of halogens is 1. The lowest BCUT2D eigenvalue weighted by molar-refractivity contribution is 0.0940. The largest absolute Gasteiger partial charge is 0.370 e. The number of hydrogen-bond acceptors (Lipinski definition) is 5. The van der Waals surface area contributed by atoms with Crippen LogP contribution in [0.2, 0.25) is 0 Å². The molecule has 9 heteroatoms. The van der Waals surface area contributed by atoms with Gasteiger partial charge in [0.25, 0.3) is 5.91 Å². The smallest absolute Gasteiger partial charge is 0.289 e. The fourth-order valence-corrected chi connectivity index (χ4v) is 4.15. The summed E-state index contributed by atoms with van der Waals surface area (Å²) in [5.74, 6) is -0.224. The Balaban J connectivity index is 1.63. The number of nitrogens with zero attached hydrogens (tertiary/aromatic N) is 3. The van der Waals surface area contributed by atoms with Crippen LogP contribution in [0.15, 0.2) is 47.5 Å². The fraction of sp³-hybridized carbons (Fsp3) is 0.333. The van der Waals surface area contributed by atoms with Gasteiger partial charge in [-0.3, -0.25) is 4.79 Å². The van der Waals surface area contributed by atoms with Crippen molar-refractivity contribution in [2.75, 3.05) is 5.32 Å². The summed E-state index contributed by atoms with van der Waals surface area (Å²) in [6, 6.07) is 12.0. The zero-order valence-corrected chi connectivity index (χ0v) is 18.5. The maximum absolute atomic E-state index is 13.9. The van der Waals surface area contributed by atoms with Crippen molar-refractivity contribution in [2.24, 2.45) is 16.5 Å². The minimum atomic E-state index is -0.479. The molecule has 1 saturated carbocycles. The average molecular weight is 450 g/mol. The first-order valence-electron chi connectivity index (χ1n) is 11.1. The van der Waals surface area contributed by atoms with Gasteiger partial charge < -0.3 is 22.1 Å². The number of aryl methyl sites for hydroxylation is 1. The summed E-state index contributed by atoms with van der Waals surface area (Å²) >= 11 is 0. The van der Waals surface area contributed by atoms with Crippen molar-refractivity contribution in [1.82, 2.24) is 15.3 Å². The molecule has 1 heterocycles. The van der Waals surface area contributed by atoms with Gasteiger partial charge >= 0.3 is 0 Å². The number of hydrogen-bond donors (Lipinski definition) is 4. The third kappa shape index (κ3) is 5.36. The molecule has 1 amide bonds. The highest BCUT2D eigenvalue weighted by molar-refractivity contribution is 5.96. The molecule has 4 rings (SSSR count). The van der Waals surface area contributed by atoms with E-state index >= 15 is 0 Å². The van der Waals surface area contributed by atoms with E-state index in [4.69, 9.17) is 11.5 Å². The molecule has 1 fully saturated rings. The van der Waals surface area contributed by atoms with Crippen molar-refractivity contribution in [1.29, 1.82) is 0 Å². The van der Waals surface area contributed by atoms with Gasteiger partial charge in [0.05, 0.1) is 17.6 Å². The van der Waals surface area contributed by atoms with Gasteiger partial charge in [0.1, 0.15) is 11.6 Å². The van der Waals surface area contributed by atoms with Gasteiger partial charge in [0.2, 0.25) is 5.82 Å². The van der Waals surface area contributed by atoms with Crippen LogP contribution < -0.4 is 22.1 Å². The number of anilines is 1. The van der Waals surface area contributed by atoms with Gasteiger partial charge in [-0.05, 0) is 38.0 Å². The summed E-state index contributed by atoms with van der Waals surface area (Å²) < 4.78 is 13.9. The van der Waals surface area contributed by atoms with Crippen molar-refractivity contribution >= 4 is 28.6 Å². The van der Waals surface area contributed by atoms with Crippen LogP contribution in [-0.4, -0.2) is 33.9 Å². The van der Waals surface area contributed by atoms with Crippen LogP contribution in [0, 0.1) is 12.7 Å². The predicted octanol–water partition coefficient (Wildman–Crippen LogP) is 3.00. The van der Waals surface area contributed by atoms with Gasteiger partial charge in [-0.15, -0.1) is 0 Å². The van der Waals surface area contributed by atoms with Crippen LogP contribution in [-0.2, 0) is 6.54 Å². The first kappa shape index (κ1) is 22.4. The molecule has 3 aromatic rings. The topological polar surface area (TPSA) is 131 Å². The Labute approximate surface area is 191 Å². The molecule has 6 N–H and O–H groups in total. The van der Waals surface area contributed by atoms with Crippen LogP contribution in [0.4, 0.5) is 10.2 Å². The van der Waals surface area contributed by atoms with E-state index < -0.39 is 5.91 Å². The van der Waals surface area contributed by atoms with Crippen LogP contribution in [0.25, 0.3) is 10.9 Å². The standard InChI is InChI=1S/C24H28FN7O/c1-14-10-11-18-16(12-14)21(30-19-8-4-5-9-20(19)31-24(26)27)32-22(29-18)23(33)28-13-15-6-2-3-7-17(15)25/h2-3,6-7,10-12,19-20H,4-5,8-9,13H2,1H3,(H,28,33)(H4,26,27,31)(H,29,30,32). The number of aromatic nitrogens is 2. The molecule has 0 bridgehead atoms. The van der Waals surface area contributed by atoms with Gasteiger partial charge in [0.15, 0.2) is 5.96 Å². The maximum atomic E-state index is 13.9. The molecule has 0 saturated heterocycles. The molecule has 0 aliphatic heterocycles. The van der Waals surface area contributed by atoms with Crippen LogP contribution >= 0.6 is 0 Å². The van der Waals surface area contributed by atoms with Crippen LogP contribution in [0.5, 0.6) is 0 Å². The maximum Gasteiger partial charge on any atom is 0.289 e. The van der Waals surface area contributed by atoms with Crippen LogP contribution in [0.1, 0.15) is 47.4 Å². The molecule has 2 atom stereocenters. The van der Waals surface area contributed by atoms with E-state index in [1.807, 2.05) is 25.1 Å². The zero-order valence-electron chi connectivity index (χ0n) is 18.5. The fourth-order valence-electron chi connectivity index (χ4n) is 4.15. The third-order valence-corrected chi connectivity index (χ3v) is 5.82. The SMILES string of the molecule is Cc1ccc2nc(C(=O)NCc3ccccc3F)nc(NC3CCCCC3N=C(N)N)c2c1. The van der Waals surface area contributed by atoms with Crippen molar-refractivity contribution < 1.29 is 9.18 Å².